The molecule has 0 aromatic heterocycles. The Morgan fingerprint density at radius 1 is 1.12 bits per heavy atom. The highest BCUT2D eigenvalue weighted by Gasteiger charge is 2.20. The van der Waals surface area contributed by atoms with Crippen molar-refractivity contribution in [2.45, 2.75) is 6.92 Å². The summed E-state index contributed by atoms with van der Waals surface area (Å²) in [6, 6.07) is 15.2. The van der Waals surface area contributed by atoms with Crippen molar-refractivity contribution in [3.8, 4) is 6.07 Å². The summed E-state index contributed by atoms with van der Waals surface area (Å²) in [5.74, 6) is -0.467. The highest BCUT2D eigenvalue weighted by Crippen LogP contribution is 2.18. The summed E-state index contributed by atoms with van der Waals surface area (Å²) in [5.41, 5.74) is 2.40. The Bertz CT molecular complexity index is 867. The number of carbonyl (C=O) groups is 1. The number of rotatable bonds is 5. The van der Waals surface area contributed by atoms with E-state index in [1.54, 1.807) is 48.5 Å². The lowest BCUT2D eigenvalue weighted by Crippen LogP contribution is -2.37. The number of nitriles is 1. The summed E-state index contributed by atoms with van der Waals surface area (Å²) in [6.07, 6.45) is 1.06. The van der Waals surface area contributed by atoms with E-state index in [0.717, 1.165) is 16.1 Å². The second-order valence-corrected chi connectivity index (χ2v) is 7.25. The molecule has 2 aromatic rings. The van der Waals surface area contributed by atoms with Crippen LogP contribution in [0.25, 0.3) is 0 Å². The molecule has 0 saturated carbocycles. The molecule has 2 aromatic carbocycles. The summed E-state index contributed by atoms with van der Waals surface area (Å²) in [4.78, 5) is 12.2. The van der Waals surface area contributed by atoms with Crippen LogP contribution in [0.4, 0.5) is 11.4 Å². The van der Waals surface area contributed by atoms with Crippen LogP contribution in [0.3, 0.4) is 0 Å². The fraction of sp³-hybridized carbons (Fsp3) is 0.176. The van der Waals surface area contributed by atoms with Crippen LogP contribution in [0.15, 0.2) is 48.5 Å². The van der Waals surface area contributed by atoms with Gasteiger partial charge in [-0.3, -0.25) is 9.10 Å². The van der Waals surface area contributed by atoms with Crippen molar-refractivity contribution < 1.29 is 13.2 Å². The number of hydrogen-bond acceptors (Lipinski definition) is 4. The first-order valence-corrected chi connectivity index (χ1v) is 8.99. The molecule has 124 valence electrons. The molecule has 0 unspecified atom stereocenters. The molecule has 6 nitrogen and oxygen atoms in total. The minimum Gasteiger partial charge on any atom is -0.325 e. The quantitative estimate of drug-likeness (QED) is 0.902. The molecule has 0 radical (unpaired) electrons. The SMILES string of the molecule is Cc1ccc(N(CC(=O)Nc2ccc(C#N)cc2)S(C)(=O)=O)cc1. The van der Waals surface area contributed by atoms with E-state index in [1.165, 1.54) is 0 Å². The minimum atomic E-state index is -3.60. The molecular weight excluding hydrogens is 326 g/mol. The summed E-state index contributed by atoms with van der Waals surface area (Å²) in [6.45, 7) is 1.56. The molecule has 0 bridgehead atoms. The van der Waals surface area contributed by atoms with Gasteiger partial charge in [-0.1, -0.05) is 17.7 Å². The minimum absolute atomic E-state index is 0.331. The maximum absolute atomic E-state index is 12.2. The van der Waals surface area contributed by atoms with Gasteiger partial charge in [0.1, 0.15) is 6.54 Å². The predicted molar refractivity (Wildman–Crippen MR) is 93.2 cm³/mol. The number of benzene rings is 2. The molecule has 0 heterocycles. The number of sulfonamides is 1. The normalized spacial score (nSPS) is 10.7. The molecule has 0 aliphatic heterocycles. The molecule has 0 saturated heterocycles. The number of nitrogens with one attached hydrogen (secondary N) is 1. The zero-order valence-electron chi connectivity index (χ0n) is 13.4. The summed E-state index contributed by atoms with van der Waals surface area (Å²) < 4.78 is 25.0. The smallest absolute Gasteiger partial charge is 0.245 e. The highest BCUT2D eigenvalue weighted by molar-refractivity contribution is 7.92. The molecule has 0 aliphatic rings. The first-order chi connectivity index (χ1) is 11.3. The number of nitrogens with zero attached hydrogens (tertiary/aromatic N) is 2. The van der Waals surface area contributed by atoms with E-state index in [-0.39, 0.29) is 6.54 Å². The number of carbonyl (C=O) groups excluding carboxylic acids is 1. The van der Waals surface area contributed by atoms with Crippen LogP contribution in [-0.2, 0) is 14.8 Å². The third kappa shape index (κ3) is 4.57. The highest BCUT2D eigenvalue weighted by atomic mass is 32.2. The van der Waals surface area contributed by atoms with Gasteiger partial charge in [0, 0.05) is 5.69 Å². The van der Waals surface area contributed by atoms with E-state index in [4.69, 9.17) is 5.26 Å². The second-order valence-electron chi connectivity index (χ2n) is 5.34. The molecular formula is C17H17N3O3S. The molecule has 1 amide bonds. The molecule has 7 heteroatoms. The zero-order chi connectivity index (χ0) is 17.7. The van der Waals surface area contributed by atoms with E-state index in [2.05, 4.69) is 5.32 Å². The maximum atomic E-state index is 12.2. The van der Waals surface area contributed by atoms with E-state index < -0.39 is 15.9 Å². The standard InChI is InChI=1S/C17H17N3O3S/c1-13-3-9-16(10-4-13)20(24(2,22)23)12-17(21)19-15-7-5-14(11-18)6-8-15/h3-10H,12H2,1-2H3,(H,19,21). The van der Waals surface area contributed by atoms with Gasteiger partial charge < -0.3 is 5.32 Å². The number of aryl methyl sites for hydroxylation is 1. The second kappa shape index (κ2) is 7.15. The topological polar surface area (TPSA) is 90.3 Å². The van der Waals surface area contributed by atoms with E-state index >= 15 is 0 Å². The Morgan fingerprint density at radius 3 is 2.21 bits per heavy atom. The molecule has 0 fully saturated rings. The van der Waals surface area contributed by atoms with E-state index in [0.29, 0.717) is 16.9 Å². The first kappa shape index (κ1) is 17.5. The lowest BCUT2D eigenvalue weighted by atomic mass is 10.2. The fourth-order valence-electron chi connectivity index (χ4n) is 2.07. The third-order valence-electron chi connectivity index (χ3n) is 3.31. The van der Waals surface area contributed by atoms with Gasteiger partial charge in [-0.15, -0.1) is 0 Å². The van der Waals surface area contributed by atoms with Gasteiger partial charge in [-0.05, 0) is 43.3 Å². The van der Waals surface area contributed by atoms with Crippen molar-refractivity contribution in [2.75, 3.05) is 22.4 Å². The first-order valence-electron chi connectivity index (χ1n) is 7.14. The zero-order valence-corrected chi connectivity index (χ0v) is 14.2. The summed E-state index contributed by atoms with van der Waals surface area (Å²) >= 11 is 0. The third-order valence-corrected chi connectivity index (χ3v) is 4.45. The van der Waals surface area contributed by atoms with Crippen LogP contribution in [-0.4, -0.2) is 27.1 Å². The van der Waals surface area contributed by atoms with Crippen molar-refractivity contribution in [1.82, 2.24) is 0 Å². The van der Waals surface area contributed by atoms with Gasteiger partial charge in [0.15, 0.2) is 0 Å². The van der Waals surface area contributed by atoms with Crippen molar-refractivity contribution in [1.29, 1.82) is 5.26 Å². The van der Waals surface area contributed by atoms with Crippen molar-refractivity contribution in [3.05, 3.63) is 59.7 Å². The summed E-state index contributed by atoms with van der Waals surface area (Å²) in [7, 11) is -3.60. The molecule has 24 heavy (non-hydrogen) atoms. The van der Waals surface area contributed by atoms with Gasteiger partial charge in [0.2, 0.25) is 15.9 Å². The monoisotopic (exact) mass is 343 g/mol. The summed E-state index contributed by atoms with van der Waals surface area (Å²) in [5, 5.41) is 11.4. The van der Waals surface area contributed by atoms with Crippen LogP contribution in [0.1, 0.15) is 11.1 Å². The average Bonchev–Trinajstić information content (AvgIpc) is 2.53. The van der Waals surface area contributed by atoms with Crippen LogP contribution in [0.5, 0.6) is 0 Å². The predicted octanol–water partition coefficient (Wildman–Crippen LogP) is 2.27. The van der Waals surface area contributed by atoms with Gasteiger partial charge in [0.05, 0.1) is 23.6 Å². The number of anilines is 2. The Hall–Kier alpha value is -2.85. The Balaban J connectivity index is 2.15. The number of amides is 1. The van der Waals surface area contributed by atoms with Crippen LogP contribution < -0.4 is 9.62 Å². The van der Waals surface area contributed by atoms with Crippen LogP contribution in [0, 0.1) is 18.3 Å². The molecule has 0 spiro atoms. The Morgan fingerprint density at radius 2 is 1.71 bits per heavy atom. The fourth-order valence-corrected chi connectivity index (χ4v) is 2.93. The van der Waals surface area contributed by atoms with Gasteiger partial charge >= 0.3 is 0 Å². The molecule has 0 aliphatic carbocycles. The van der Waals surface area contributed by atoms with Crippen LogP contribution >= 0.6 is 0 Å². The van der Waals surface area contributed by atoms with Gasteiger partial charge in [-0.2, -0.15) is 5.26 Å². The van der Waals surface area contributed by atoms with Crippen molar-refractivity contribution in [3.63, 3.8) is 0 Å². The lowest BCUT2D eigenvalue weighted by molar-refractivity contribution is -0.114. The molecule has 1 N–H and O–H groups in total. The molecule has 0 atom stereocenters. The average molecular weight is 343 g/mol. The Labute approximate surface area is 141 Å². The molecule has 2 rings (SSSR count). The Kier molecular flexibility index (Phi) is 5.21. The lowest BCUT2D eigenvalue weighted by Gasteiger charge is -2.22. The van der Waals surface area contributed by atoms with Gasteiger partial charge in [0.25, 0.3) is 0 Å². The van der Waals surface area contributed by atoms with Crippen molar-refractivity contribution in [2.24, 2.45) is 0 Å². The van der Waals surface area contributed by atoms with E-state index in [1.807, 2.05) is 13.0 Å². The largest absolute Gasteiger partial charge is 0.325 e. The number of hydrogen-bond donors (Lipinski definition) is 1. The van der Waals surface area contributed by atoms with Crippen molar-refractivity contribution >= 4 is 27.3 Å². The maximum Gasteiger partial charge on any atom is 0.245 e. The van der Waals surface area contributed by atoms with Crippen LogP contribution in [0.2, 0.25) is 0 Å². The van der Waals surface area contributed by atoms with E-state index in [9.17, 15) is 13.2 Å². The van der Waals surface area contributed by atoms with Gasteiger partial charge in [-0.25, -0.2) is 8.42 Å².